The highest BCUT2D eigenvalue weighted by Gasteiger charge is 2.16. The van der Waals surface area contributed by atoms with Crippen LogP contribution in [0.2, 0.25) is 0 Å². The van der Waals surface area contributed by atoms with Crippen LogP contribution in [-0.2, 0) is 27.9 Å². The number of amides is 1. The number of esters is 1. The molecule has 2 rings (SSSR count). The molecule has 0 bridgehead atoms. The number of nitrogens with zero attached hydrogens (tertiary/aromatic N) is 6. The SMILES string of the molecule is C[C@H](Cn1cnc2c(=O)n(C)c(/N=C/N(C)C)nc21)OC(=O)CCC(N)=O. The zero-order valence-corrected chi connectivity index (χ0v) is 15.7. The summed E-state index contributed by atoms with van der Waals surface area (Å²) >= 11 is 0. The van der Waals surface area contributed by atoms with Crippen LogP contribution < -0.4 is 11.3 Å². The van der Waals surface area contributed by atoms with E-state index >= 15 is 0 Å². The van der Waals surface area contributed by atoms with E-state index < -0.39 is 18.0 Å². The van der Waals surface area contributed by atoms with E-state index in [0.29, 0.717) is 5.65 Å². The van der Waals surface area contributed by atoms with Gasteiger partial charge >= 0.3 is 5.97 Å². The number of nitrogens with two attached hydrogens (primary N) is 1. The number of hydrogen-bond donors (Lipinski definition) is 1. The number of hydrogen-bond acceptors (Lipinski definition) is 7. The van der Waals surface area contributed by atoms with Crippen LogP contribution in [0.25, 0.3) is 11.2 Å². The van der Waals surface area contributed by atoms with Crippen LogP contribution in [0.4, 0.5) is 5.95 Å². The lowest BCUT2D eigenvalue weighted by molar-refractivity contribution is -0.149. The summed E-state index contributed by atoms with van der Waals surface area (Å²) in [5.41, 5.74) is 5.24. The van der Waals surface area contributed by atoms with Crippen LogP contribution in [-0.4, -0.2) is 62.4 Å². The van der Waals surface area contributed by atoms with Crippen molar-refractivity contribution in [1.29, 1.82) is 0 Å². The number of primary amides is 1. The summed E-state index contributed by atoms with van der Waals surface area (Å²) in [7, 11) is 5.18. The smallest absolute Gasteiger partial charge is 0.306 e. The van der Waals surface area contributed by atoms with Gasteiger partial charge in [0.25, 0.3) is 5.56 Å². The maximum absolute atomic E-state index is 12.5. The highest BCUT2D eigenvalue weighted by atomic mass is 16.5. The van der Waals surface area contributed by atoms with E-state index in [9.17, 15) is 14.4 Å². The second kappa shape index (κ2) is 8.43. The van der Waals surface area contributed by atoms with Crippen molar-refractivity contribution >= 4 is 35.3 Å². The van der Waals surface area contributed by atoms with Gasteiger partial charge in [0.15, 0.2) is 11.2 Å². The molecular formula is C16H23N7O4. The van der Waals surface area contributed by atoms with Crippen molar-refractivity contribution < 1.29 is 14.3 Å². The predicted molar refractivity (Wildman–Crippen MR) is 98.6 cm³/mol. The van der Waals surface area contributed by atoms with Gasteiger partial charge < -0.3 is 19.9 Å². The van der Waals surface area contributed by atoms with Gasteiger partial charge in [-0.3, -0.25) is 19.0 Å². The number of fused-ring (bicyclic) bond motifs is 1. The highest BCUT2D eigenvalue weighted by molar-refractivity contribution is 5.80. The third-order valence-electron chi connectivity index (χ3n) is 3.59. The lowest BCUT2D eigenvalue weighted by atomic mass is 10.3. The van der Waals surface area contributed by atoms with Crippen LogP contribution in [0.3, 0.4) is 0 Å². The summed E-state index contributed by atoms with van der Waals surface area (Å²) in [5.74, 6) is -0.856. The molecule has 0 saturated carbocycles. The molecule has 1 amide bonds. The molecule has 0 radical (unpaired) electrons. The van der Waals surface area contributed by atoms with Gasteiger partial charge in [-0.2, -0.15) is 4.98 Å². The fourth-order valence-electron chi connectivity index (χ4n) is 2.30. The minimum absolute atomic E-state index is 0.0651. The van der Waals surface area contributed by atoms with Crippen molar-refractivity contribution in [3.8, 4) is 0 Å². The van der Waals surface area contributed by atoms with Gasteiger partial charge in [-0.05, 0) is 6.92 Å². The third kappa shape index (κ3) is 5.12. The summed E-state index contributed by atoms with van der Waals surface area (Å²) in [6.45, 7) is 1.94. The molecule has 2 aromatic heterocycles. The number of aromatic nitrogens is 4. The van der Waals surface area contributed by atoms with Gasteiger partial charge in [-0.15, -0.1) is 0 Å². The fourth-order valence-corrected chi connectivity index (χ4v) is 2.30. The third-order valence-corrected chi connectivity index (χ3v) is 3.59. The zero-order valence-electron chi connectivity index (χ0n) is 15.7. The Bertz CT molecular complexity index is 929. The van der Waals surface area contributed by atoms with E-state index in [4.69, 9.17) is 10.5 Å². The van der Waals surface area contributed by atoms with E-state index in [1.54, 1.807) is 37.5 Å². The molecule has 0 aliphatic heterocycles. The first-order valence-corrected chi connectivity index (χ1v) is 8.29. The Balaban J connectivity index is 2.22. The maximum Gasteiger partial charge on any atom is 0.306 e. The zero-order chi connectivity index (χ0) is 20.1. The van der Waals surface area contributed by atoms with Crippen molar-refractivity contribution in [3.63, 3.8) is 0 Å². The van der Waals surface area contributed by atoms with Gasteiger partial charge in [0.1, 0.15) is 6.10 Å². The summed E-state index contributed by atoms with van der Waals surface area (Å²) in [6.07, 6.45) is 2.35. The van der Waals surface area contributed by atoms with Crippen molar-refractivity contribution in [2.24, 2.45) is 17.8 Å². The van der Waals surface area contributed by atoms with Gasteiger partial charge in [-0.25, -0.2) is 9.98 Å². The van der Waals surface area contributed by atoms with Crippen LogP contribution in [0.15, 0.2) is 16.1 Å². The van der Waals surface area contributed by atoms with Crippen LogP contribution in [0.5, 0.6) is 0 Å². The minimum atomic E-state index is -0.564. The Morgan fingerprint density at radius 2 is 2.11 bits per heavy atom. The number of aliphatic imine (C=N–C) groups is 1. The number of carbonyl (C=O) groups excluding carboxylic acids is 2. The van der Waals surface area contributed by atoms with Gasteiger partial charge in [0.05, 0.1) is 25.6 Å². The van der Waals surface area contributed by atoms with Crippen LogP contribution >= 0.6 is 0 Å². The average molecular weight is 377 g/mol. The van der Waals surface area contributed by atoms with E-state index in [1.165, 1.54) is 17.2 Å². The first-order valence-electron chi connectivity index (χ1n) is 8.29. The Hall–Kier alpha value is -3.24. The number of ether oxygens (including phenoxy) is 1. The topological polar surface area (TPSA) is 138 Å². The molecule has 0 spiro atoms. The molecule has 1 atom stereocenters. The molecule has 11 heteroatoms. The highest BCUT2D eigenvalue weighted by Crippen LogP contribution is 2.13. The Morgan fingerprint density at radius 3 is 2.74 bits per heavy atom. The quantitative estimate of drug-likeness (QED) is 0.373. The molecule has 27 heavy (non-hydrogen) atoms. The average Bonchev–Trinajstić information content (AvgIpc) is 2.97. The van der Waals surface area contributed by atoms with Gasteiger partial charge in [0, 0.05) is 27.6 Å². The lowest BCUT2D eigenvalue weighted by Crippen LogP contribution is -2.23. The number of imidazole rings is 1. The maximum atomic E-state index is 12.5. The molecule has 2 heterocycles. The fraction of sp³-hybridized carbons (Fsp3) is 0.500. The molecule has 0 unspecified atom stereocenters. The standard InChI is InChI=1S/C16H23N7O4/c1-10(27-12(25)6-5-11(17)24)7-23-9-18-13-14(23)20-16(19-8-21(2)3)22(4)15(13)26/h8-10H,5-7H2,1-4H3,(H2,17,24)/b19-8+/t10-/m1/s1. The van der Waals surface area contributed by atoms with Crippen molar-refractivity contribution in [2.45, 2.75) is 32.4 Å². The normalized spacial score (nSPS) is 12.4. The number of rotatable bonds is 8. The van der Waals surface area contributed by atoms with E-state index in [1.807, 2.05) is 0 Å². The first-order chi connectivity index (χ1) is 12.7. The molecule has 2 aromatic rings. The van der Waals surface area contributed by atoms with E-state index in [2.05, 4.69) is 15.0 Å². The second-order valence-corrected chi connectivity index (χ2v) is 6.32. The molecule has 0 saturated heterocycles. The summed E-state index contributed by atoms with van der Waals surface area (Å²) in [6, 6.07) is 0. The first kappa shape index (κ1) is 20.1. The molecule has 11 nitrogen and oxygen atoms in total. The molecule has 146 valence electrons. The summed E-state index contributed by atoms with van der Waals surface area (Å²) in [5, 5.41) is 0. The summed E-state index contributed by atoms with van der Waals surface area (Å²) < 4.78 is 8.18. The van der Waals surface area contributed by atoms with E-state index in [-0.39, 0.29) is 36.4 Å². The van der Waals surface area contributed by atoms with Crippen LogP contribution in [0.1, 0.15) is 19.8 Å². The lowest BCUT2D eigenvalue weighted by Gasteiger charge is -2.14. The molecule has 0 fully saturated rings. The Kier molecular flexibility index (Phi) is 6.27. The molecule has 2 N–H and O–H groups in total. The largest absolute Gasteiger partial charge is 0.461 e. The number of carbonyl (C=O) groups is 2. The Morgan fingerprint density at radius 1 is 1.41 bits per heavy atom. The van der Waals surface area contributed by atoms with Crippen molar-refractivity contribution in [2.75, 3.05) is 14.1 Å². The Labute approximate surface area is 155 Å². The predicted octanol–water partition coefficient (Wildman–Crippen LogP) is -0.451. The van der Waals surface area contributed by atoms with Crippen LogP contribution in [0, 0.1) is 0 Å². The van der Waals surface area contributed by atoms with E-state index in [0.717, 1.165) is 0 Å². The second-order valence-electron chi connectivity index (χ2n) is 6.32. The van der Waals surface area contributed by atoms with Crippen molar-refractivity contribution in [3.05, 3.63) is 16.7 Å². The molecule has 0 aliphatic rings. The monoisotopic (exact) mass is 377 g/mol. The van der Waals surface area contributed by atoms with Gasteiger partial charge in [-0.1, -0.05) is 0 Å². The minimum Gasteiger partial charge on any atom is -0.461 e. The molecule has 0 aromatic carbocycles. The van der Waals surface area contributed by atoms with Gasteiger partial charge in [0.2, 0.25) is 11.9 Å². The van der Waals surface area contributed by atoms with Crippen molar-refractivity contribution in [1.82, 2.24) is 24.0 Å². The summed E-state index contributed by atoms with van der Waals surface area (Å²) in [4.78, 5) is 49.3. The molecule has 0 aliphatic carbocycles. The molecular weight excluding hydrogens is 354 g/mol.